The number of H-pyrrole nitrogens is 1. The van der Waals surface area contributed by atoms with Gasteiger partial charge < -0.3 is 20.9 Å². The highest BCUT2D eigenvalue weighted by Crippen LogP contribution is 2.19. The van der Waals surface area contributed by atoms with Crippen LogP contribution in [-0.4, -0.2) is 35.9 Å². The quantitative estimate of drug-likeness (QED) is 0.280. The molecule has 1 aromatic heterocycles. The van der Waals surface area contributed by atoms with E-state index in [-0.39, 0.29) is 18.4 Å². The number of amides is 2. The molecule has 0 fully saturated rings. The lowest BCUT2D eigenvalue weighted by atomic mass is 10.0. The molecule has 0 aliphatic carbocycles. The van der Waals surface area contributed by atoms with Crippen molar-refractivity contribution in [1.29, 1.82) is 0 Å². The minimum Gasteiger partial charge on any atom is -0.361 e. The standard InChI is InChI=1S/C28H30N4O2/c33-27(20-29-18-22-11-5-2-6-12-22)32-26(17-23-19-31-25-14-8-7-13-24(23)25)28(34)30-16-15-21-9-3-1-4-10-21/h1-14,19,26,29,31H,15-18,20H2,(H,30,34)(H,32,33). The first-order valence-electron chi connectivity index (χ1n) is 11.6. The fourth-order valence-corrected chi connectivity index (χ4v) is 3.99. The van der Waals surface area contributed by atoms with E-state index in [1.54, 1.807) is 0 Å². The first kappa shape index (κ1) is 23.3. The second-order valence-electron chi connectivity index (χ2n) is 8.30. The van der Waals surface area contributed by atoms with Gasteiger partial charge in [-0.15, -0.1) is 0 Å². The lowest BCUT2D eigenvalue weighted by Crippen LogP contribution is -2.50. The second kappa shape index (κ2) is 11.8. The van der Waals surface area contributed by atoms with Crippen LogP contribution in [0.1, 0.15) is 16.7 Å². The van der Waals surface area contributed by atoms with Gasteiger partial charge in [-0.1, -0.05) is 78.9 Å². The molecule has 6 heteroatoms. The highest BCUT2D eigenvalue weighted by Gasteiger charge is 2.22. The van der Waals surface area contributed by atoms with Gasteiger partial charge in [0.1, 0.15) is 6.04 Å². The predicted molar refractivity (Wildman–Crippen MR) is 135 cm³/mol. The molecule has 2 amide bonds. The number of nitrogens with one attached hydrogen (secondary N) is 4. The Labute approximate surface area is 199 Å². The first-order valence-corrected chi connectivity index (χ1v) is 11.6. The number of carbonyl (C=O) groups is 2. The summed E-state index contributed by atoms with van der Waals surface area (Å²) >= 11 is 0. The monoisotopic (exact) mass is 454 g/mol. The van der Waals surface area contributed by atoms with Gasteiger partial charge in [0.2, 0.25) is 11.8 Å². The molecule has 4 rings (SSSR count). The third-order valence-corrected chi connectivity index (χ3v) is 5.76. The number of para-hydroxylation sites is 1. The van der Waals surface area contributed by atoms with Crippen LogP contribution in [0.4, 0.5) is 0 Å². The molecule has 4 N–H and O–H groups in total. The van der Waals surface area contributed by atoms with Crippen LogP contribution < -0.4 is 16.0 Å². The number of aromatic amines is 1. The molecule has 174 valence electrons. The Kier molecular flexibility index (Phi) is 8.08. The molecule has 34 heavy (non-hydrogen) atoms. The third kappa shape index (κ3) is 6.56. The largest absolute Gasteiger partial charge is 0.361 e. The lowest BCUT2D eigenvalue weighted by Gasteiger charge is -2.19. The Morgan fingerprint density at radius 1 is 0.824 bits per heavy atom. The van der Waals surface area contributed by atoms with Crippen molar-refractivity contribution in [2.45, 2.75) is 25.4 Å². The maximum absolute atomic E-state index is 13.1. The Bertz CT molecular complexity index is 1200. The minimum atomic E-state index is -0.666. The van der Waals surface area contributed by atoms with Crippen molar-refractivity contribution < 1.29 is 9.59 Å². The van der Waals surface area contributed by atoms with Gasteiger partial charge in [-0.3, -0.25) is 9.59 Å². The van der Waals surface area contributed by atoms with Crippen molar-refractivity contribution >= 4 is 22.7 Å². The van der Waals surface area contributed by atoms with Crippen molar-refractivity contribution in [2.75, 3.05) is 13.1 Å². The number of aromatic nitrogens is 1. The van der Waals surface area contributed by atoms with E-state index in [1.807, 2.05) is 91.1 Å². The average Bonchev–Trinajstić information content (AvgIpc) is 3.28. The highest BCUT2D eigenvalue weighted by atomic mass is 16.2. The normalized spacial score (nSPS) is 11.8. The SMILES string of the molecule is O=C(CNCc1ccccc1)NC(Cc1c[nH]c2ccccc12)C(=O)NCCc1ccccc1. The van der Waals surface area contributed by atoms with E-state index in [4.69, 9.17) is 0 Å². The van der Waals surface area contributed by atoms with Crippen LogP contribution >= 0.6 is 0 Å². The van der Waals surface area contributed by atoms with Crippen LogP contribution in [0.5, 0.6) is 0 Å². The Balaban J connectivity index is 1.37. The topological polar surface area (TPSA) is 86.0 Å². The van der Waals surface area contributed by atoms with Crippen LogP contribution in [0.15, 0.2) is 91.1 Å². The maximum Gasteiger partial charge on any atom is 0.242 e. The fourth-order valence-electron chi connectivity index (χ4n) is 3.99. The molecule has 1 atom stereocenters. The summed E-state index contributed by atoms with van der Waals surface area (Å²) in [6.45, 7) is 1.23. The van der Waals surface area contributed by atoms with E-state index in [1.165, 1.54) is 0 Å². The minimum absolute atomic E-state index is 0.135. The second-order valence-corrected chi connectivity index (χ2v) is 8.30. The van der Waals surface area contributed by atoms with Gasteiger partial charge >= 0.3 is 0 Å². The van der Waals surface area contributed by atoms with Gasteiger partial charge in [-0.25, -0.2) is 0 Å². The van der Waals surface area contributed by atoms with E-state index >= 15 is 0 Å². The molecule has 0 radical (unpaired) electrons. The van der Waals surface area contributed by atoms with Crippen molar-refractivity contribution in [3.05, 3.63) is 108 Å². The molecule has 0 saturated heterocycles. The summed E-state index contributed by atoms with van der Waals surface area (Å²) in [6.07, 6.45) is 3.05. The molecule has 4 aromatic rings. The molecule has 0 spiro atoms. The summed E-state index contributed by atoms with van der Waals surface area (Å²) in [7, 11) is 0. The Morgan fingerprint density at radius 3 is 2.26 bits per heavy atom. The van der Waals surface area contributed by atoms with Gasteiger partial charge in [0.25, 0.3) is 0 Å². The molecule has 1 unspecified atom stereocenters. The molecule has 0 aliphatic rings. The van der Waals surface area contributed by atoms with E-state index in [9.17, 15) is 9.59 Å². The molecule has 0 aliphatic heterocycles. The Hall–Kier alpha value is -3.90. The number of fused-ring (bicyclic) bond motifs is 1. The molecule has 1 heterocycles. The summed E-state index contributed by atoms with van der Waals surface area (Å²) in [5.74, 6) is -0.392. The summed E-state index contributed by atoms with van der Waals surface area (Å²) in [5.41, 5.74) is 4.27. The molecule has 0 saturated carbocycles. The number of carbonyl (C=O) groups excluding carboxylic acids is 2. The number of rotatable bonds is 11. The zero-order chi connectivity index (χ0) is 23.6. The zero-order valence-corrected chi connectivity index (χ0v) is 19.1. The number of hydrogen-bond donors (Lipinski definition) is 4. The summed E-state index contributed by atoms with van der Waals surface area (Å²) in [4.78, 5) is 29.0. The Morgan fingerprint density at radius 2 is 1.50 bits per heavy atom. The number of hydrogen-bond acceptors (Lipinski definition) is 3. The van der Waals surface area contributed by atoms with Crippen LogP contribution in [0.25, 0.3) is 10.9 Å². The average molecular weight is 455 g/mol. The van der Waals surface area contributed by atoms with Crippen LogP contribution in [-0.2, 0) is 29.0 Å². The van der Waals surface area contributed by atoms with Gasteiger partial charge in [0.15, 0.2) is 0 Å². The highest BCUT2D eigenvalue weighted by molar-refractivity contribution is 5.90. The van der Waals surface area contributed by atoms with E-state index in [0.717, 1.165) is 34.0 Å². The molecular weight excluding hydrogens is 424 g/mol. The summed E-state index contributed by atoms with van der Waals surface area (Å²) < 4.78 is 0. The smallest absolute Gasteiger partial charge is 0.242 e. The molecule has 6 nitrogen and oxygen atoms in total. The van der Waals surface area contributed by atoms with Crippen LogP contribution in [0.3, 0.4) is 0 Å². The molecular formula is C28H30N4O2. The predicted octanol–water partition coefficient (Wildman–Crippen LogP) is 3.34. The van der Waals surface area contributed by atoms with E-state index in [2.05, 4.69) is 20.9 Å². The van der Waals surface area contributed by atoms with E-state index < -0.39 is 6.04 Å². The van der Waals surface area contributed by atoms with Gasteiger partial charge in [0, 0.05) is 36.6 Å². The van der Waals surface area contributed by atoms with Gasteiger partial charge in [-0.05, 0) is 29.2 Å². The first-order chi connectivity index (χ1) is 16.7. The number of benzene rings is 3. The van der Waals surface area contributed by atoms with Crippen molar-refractivity contribution in [3.8, 4) is 0 Å². The van der Waals surface area contributed by atoms with E-state index in [0.29, 0.717) is 19.5 Å². The zero-order valence-electron chi connectivity index (χ0n) is 19.1. The maximum atomic E-state index is 13.1. The third-order valence-electron chi connectivity index (χ3n) is 5.76. The summed E-state index contributed by atoms with van der Waals surface area (Å²) in [6, 6.07) is 27.2. The summed E-state index contributed by atoms with van der Waals surface area (Å²) in [5, 5.41) is 10.1. The molecule has 3 aromatic carbocycles. The van der Waals surface area contributed by atoms with Gasteiger partial charge in [0.05, 0.1) is 6.54 Å². The van der Waals surface area contributed by atoms with Crippen molar-refractivity contribution in [1.82, 2.24) is 20.9 Å². The lowest BCUT2D eigenvalue weighted by molar-refractivity contribution is -0.128. The van der Waals surface area contributed by atoms with Crippen LogP contribution in [0, 0.1) is 0 Å². The molecule has 0 bridgehead atoms. The van der Waals surface area contributed by atoms with Crippen molar-refractivity contribution in [2.24, 2.45) is 0 Å². The van der Waals surface area contributed by atoms with Crippen molar-refractivity contribution in [3.63, 3.8) is 0 Å². The van der Waals surface area contributed by atoms with Crippen LogP contribution in [0.2, 0.25) is 0 Å². The van der Waals surface area contributed by atoms with Gasteiger partial charge in [-0.2, -0.15) is 0 Å². The fraction of sp³-hybridized carbons (Fsp3) is 0.214.